The maximum atomic E-state index is 6.12. The average Bonchev–Trinajstić information content (AvgIpc) is 2.56. The maximum Gasteiger partial charge on any atom is 0.495 e. The van der Waals surface area contributed by atoms with Gasteiger partial charge in [-0.25, -0.2) is 0 Å². The summed E-state index contributed by atoms with van der Waals surface area (Å²) in [6, 6.07) is 8.32. The number of aryl methyl sites for hydroxylation is 1. The molecule has 1 saturated heterocycles. The van der Waals surface area contributed by atoms with Gasteiger partial charge in [-0.15, -0.1) is 0 Å². The molecule has 0 bridgehead atoms. The molecule has 1 fully saturated rings. The number of hydrogen-bond acceptors (Lipinski definition) is 3. The molecular formula is C15H24BNO2. The van der Waals surface area contributed by atoms with Gasteiger partial charge in [-0.1, -0.05) is 24.3 Å². The molecule has 0 unspecified atom stereocenters. The van der Waals surface area contributed by atoms with Crippen LogP contribution in [0.3, 0.4) is 0 Å². The zero-order valence-electron chi connectivity index (χ0n) is 12.4. The van der Waals surface area contributed by atoms with E-state index in [1.54, 1.807) is 0 Å². The van der Waals surface area contributed by atoms with Crippen molar-refractivity contribution in [2.24, 2.45) is 5.73 Å². The molecule has 0 radical (unpaired) electrons. The van der Waals surface area contributed by atoms with Gasteiger partial charge in [0.1, 0.15) is 0 Å². The van der Waals surface area contributed by atoms with Crippen LogP contribution in [0.25, 0.3) is 0 Å². The molecule has 104 valence electrons. The first-order chi connectivity index (χ1) is 8.87. The molecule has 4 heteroatoms. The van der Waals surface area contributed by atoms with Gasteiger partial charge < -0.3 is 15.0 Å². The lowest BCUT2D eigenvalue weighted by Crippen LogP contribution is -2.41. The molecule has 1 aliphatic heterocycles. The smallest absolute Gasteiger partial charge is 0.399 e. The van der Waals surface area contributed by atoms with E-state index in [-0.39, 0.29) is 18.3 Å². The molecular weight excluding hydrogens is 237 g/mol. The fourth-order valence-electron chi connectivity index (χ4n) is 2.25. The molecule has 2 N–H and O–H groups in total. The summed E-state index contributed by atoms with van der Waals surface area (Å²) in [7, 11) is -0.279. The van der Waals surface area contributed by atoms with Gasteiger partial charge in [0.05, 0.1) is 11.2 Å². The largest absolute Gasteiger partial charge is 0.495 e. The quantitative estimate of drug-likeness (QED) is 0.841. The van der Waals surface area contributed by atoms with Crippen LogP contribution in [-0.2, 0) is 15.7 Å². The first-order valence-electron chi connectivity index (χ1n) is 7.01. The van der Waals surface area contributed by atoms with Crippen LogP contribution in [-0.4, -0.2) is 24.9 Å². The second-order valence-electron chi connectivity index (χ2n) is 6.18. The van der Waals surface area contributed by atoms with Gasteiger partial charge in [-0.3, -0.25) is 0 Å². The van der Waals surface area contributed by atoms with E-state index in [4.69, 9.17) is 15.0 Å². The Kier molecular flexibility index (Phi) is 4.04. The first kappa shape index (κ1) is 14.6. The van der Waals surface area contributed by atoms with Gasteiger partial charge in [0, 0.05) is 0 Å². The first-order valence-corrected chi connectivity index (χ1v) is 7.01. The Morgan fingerprint density at radius 2 is 1.63 bits per heavy atom. The van der Waals surface area contributed by atoms with Crippen LogP contribution in [0, 0.1) is 0 Å². The Morgan fingerprint density at radius 1 is 1.05 bits per heavy atom. The molecule has 2 rings (SSSR count). The molecule has 0 aliphatic carbocycles. The second kappa shape index (κ2) is 5.27. The van der Waals surface area contributed by atoms with Crippen LogP contribution < -0.4 is 11.2 Å². The van der Waals surface area contributed by atoms with Crippen LogP contribution in [0.2, 0.25) is 0 Å². The van der Waals surface area contributed by atoms with Crippen molar-refractivity contribution >= 4 is 12.6 Å². The molecule has 0 amide bonds. The van der Waals surface area contributed by atoms with Crippen molar-refractivity contribution in [3.05, 3.63) is 29.8 Å². The summed E-state index contributed by atoms with van der Waals surface area (Å²) in [6.07, 6.45) is 1.95. The molecule has 0 saturated carbocycles. The molecule has 1 heterocycles. The predicted octanol–water partition coefficient (Wildman–Crippen LogP) is 1.88. The molecule has 0 spiro atoms. The topological polar surface area (TPSA) is 44.5 Å². The van der Waals surface area contributed by atoms with Crippen LogP contribution in [0.4, 0.5) is 0 Å². The van der Waals surface area contributed by atoms with Crippen molar-refractivity contribution in [3.63, 3.8) is 0 Å². The molecule has 1 aliphatic rings. The zero-order valence-corrected chi connectivity index (χ0v) is 12.4. The van der Waals surface area contributed by atoms with Crippen molar-refractivity contribution in [2.45, 2.75) is 51.7 Å². The minimum atomic E-state index is -0.293. The number of hydrogen-bond donors (Lipinski definition) is 1. The molecule has 0 aromatic heterocycles. The second-order valence-corrected chi connectivity index (χ2v) is 6.18. The van der Waals surface area contributed by atoms with Gasteiger partial charge in [0.15, 0.2) is 0 Å². The lowest BCUT2D eigenvalue weighted by atomic mass is 9.75. The van der Waals surface area contributed by atoms with E-state index in [9.17, 15) is 0 Å². The Labute approximate surface area is 116 Å². The van der Waals surface area contributed by atoms with E-state index in [2.05, 4.69) is 45.9 Å². The third kappa shape index (κ3) is 2.86. The summed E-state index contributed by atoms with van der Waals surface area (Å²) in [4.78, 5) is 0. The van der Waals surface area contributed by atoms with Crippen molar-refractivity contribution in [2.75, 3.05) is 6.54 Å². The van der Waals surface area contributed by atoms with Crippen LogP contribution in [0.5, 0.6) is 0 Å². The average molecular weight is 261 g/mol. The Hall–Kier alpha value is -0.835. The van der Waals surface area contributed by atoms with Crippen LogP contribution >= 0.6 is 0 Å². The summed E-state index contributed by atoms with van der Waals surface area (Å²) < 4.78 is 12.2. The van der Waals surface area contributed by atoms with E-state index in [1.165, 1.54) is 5.56 Å². The van der Waals surface area contributed by atoms with Crippen LogP contribution in [0.15, 0.2) is 24.3 Å². The standard InChI is InChI=1S/C15H24BNO2/c1-14(2)15(3,4)19-16(18-14)13-10-6-5-8-12(13)9-7-11-17/h5-6,8,10H,7,9,11,17H2,1-4H3. The number of rotatable bonds is 4. The fourth-order valence-corrected chi connectivity index (χ4v) is 2.25. The summed E-state index contributed by atoms with van der Waals surface area (Å²) in [6.45, 7) is 9.02. The van der Waals surface area contributed by atoms with Crippen LogP contribution in [0.1, 0.15) is 39.7 Å². The lowest BCUT2D eigenvalue weighted by Gasteiger charge is -2.32. The Morgan fingerprint density at radius 3 is 2.21 bits per heavy atom. The van der Waals surface area contributed by atoms with E-state index in [1.807, 2.05) is 6.07 Å². The molecule has 1 aromatic carbocycles. The highest BCUT2D eigenvalue weighted by molar-refractivity contribution is 6.62. The third-order valence-electron chi connectivity index (χ3n) is 4.21. The highest BCUT2D eigenvalue weighted by Crippen LogP contribution is 2.36. The maximum absolute atomic E-state index is 6.12. The number of nitrogens with two attached hydrogens (primary N) is 1. The van der Waals surface area contributed by atoms with E-state index >= 15 is 0 Å². The molecule has 0 atom stereocenters. The summed E-state index contributed by atoms with van der Waals surface area (Å²) in [5, 5.41) is 0. The van der Waals surface area contributed by atoms with Gasteiger partial charge in [0.2, 0.25) is 0 Å². The summed E-state index contributed by atoms with van der Waals surface area (Å²) in [5.41, 5.74) is 7.42. The monoisotopic (exact) mass is 261 g/mol. The van der Waals surface area contributed by atoms with Gasteiger partial charge >= 0.3 is 7.12 Å². The van der Waals surface area contributed by atoms with E-state index in [0.29, 0.717) is 6.54 Å². The Bertz CT molecular complexity index is 430. The van der Waals surface area contributed by atoms with Gasteiger partial charge in [0.25, 0.3) is 0 Å². The van der Waals surface area contributed by atoms with E-state index in [0.717, 1.165) is 18.3 Å². The molecule has 1 aromatic rings. The number of benzene rings is 1. The van der Waals surface area contributed by atoms with E-state index < -0.39 is 0 Å². The van der Waals surface area contributed by atoms with Gasteiger partial charge in [-0.05, 0) is 58.1 Å². The van der Waals surface area contributed by atoms with Crippen molar-refractivity contribution < 1.29 is 9.31 Å². The zero-order chi connectivity index (χ0) is 14.1. The molecule has 3 nitrogen and oxygen atoms in total. The van der Waals surface area contributed by atoms with Crippen molar-refractivity contribution in [3.8, 4) is 0 Å². The third-order valence-corrected chi connectivity index (χ3v) is 4.21. The summed E-state index contributed by atoms with van der Waals surface area (Å²) in [5.74, 6) is 0. The fraction of sp³-hybridized carbons (Fsp3) is 0.600. The summed E-state index contributed by atoms with van der Waals surface area (Å²) >= 11 is 0. The van der Waals surface area contributed by atoms with Crippen molar-refractivity contribution in [1.29, 1.82) is 0 Å². The Balaban J connectivity index is 2.24. The highest BCUT2D eigenvalue weighted by atomic mass is 16.7. The van der Waals surface area contributed by atoms with Crippen molar-refractivity contribution in [1.82, 2.24) is 0 Å². The normalized spacial score (nSPS) is 20.8. The lowest BCUT2D eigenvalue weighted by molar-refractivity contribution is 0.00578. The van der Waals surface area contributed by atoms with Gasteiger partial charge in [-0.2, -0.15) is 0 Å². The highest BCUT2D eigenvalue weighted by Gasteiger charge is 2.52. The minimum absolute atomic E-state index is 0.279. The predicted molar refractivity (Wildman–Crippen MR) is 79.5 cm³/mol. The minimum Gasteiger partial charge on any atom is -0.399 e. The molecule has 19 heavy (non-hydrogen) atoms. The SMILES string of the molecule is CC1(C)OB(c2ccccc2CCCN)OC1(C)C.